The van der Waals surface area contributed by atoms with Crippen molar-refractivity contribution in [3.8, 4) is 11.1 Å². The fourth-order valence-electron chi connectivity index (χ4n) is 4.92. The lowest BCUT2D eigenvalue weighted by molar-refractivity contribution is -0.0455. The Morgan fingerprint density at radius 3 is 2.44 bits per heavy atom. The summed E-state index contributed by atoms with van der Waals surface area (Å²) in [6.07, 6.45) is 0.566. The van der Waals surface area contributed by atoms with Gasteiger partial charge in [-0.3, -0.25) is 0 Å². The van der Waals surface area contributed by atoms with Gasteiger partial charge >= 0.3 is 6.09 Å². The Kier molecular flexibility index (Phi) is 3.95. The fourth-order valence-corrected chi connectivity index (χ4v) is 4.92. The number of amides is 1. The first-order valence-electron chi connectivity index (χ1n) is 9.56. The average molecular weight is 365 g/mol. The first kappa shape index (κ1) is 16.8. The van der Waals surface area contributed by atoms with Gasteiger partial charge in [0.2, 0.25) is 0 Å². The van der Waals surface area contributed by atoms with Crippen LogP contribution in [0.5, 0.6) is 0 Å². The molecule has 1 N–H and O–H groups in total. The molecule has 5 heteroatoms. The number of nitrogens with zero attached hydrogens (tertiary/aromatic N) is 1. The van der Waals surface area contributed by atoms with Gasteiger partial charge in [0.25, 0.3) is 0 Å². The summed E-state index contributed by atoms with van der Waals surface area (Å²) in [7, 11) is 0. The molecule has 0 aromatic heterocycles. The third kappa shape index (κ3) is 2.57. The van der Waals surface area contributed by atoms with E-state index in [0.29, 0.717) is 26.3 Å². The van der Waals surface area contributed by atoms with Gasteiger partial charge in [0.15, 0.2) is 0 Å². The molecule has 0 spiro atoms. The van der Waals surface area contributed by atoms with Crippen LogP contribution < -0.4 is 0 Å². The summed E-state index contributed by atoms with van der Waals surface area (Å²) in [5.74, 6) is 0.259. The van der Waals surface area contributed by atoms with Crippen LogP contribution in [-0.2, 0) is 9.47 Å². The van der Waals surface area contributed by atoms with Crippen LogP contribution in [0.1, 0.15) is 23.5 Å². The van der Waals surface area contributed by atoms with Crippen LogP contribution in [0.4, 0.5) is 4.79 Å². The van der Waals surface area contributed by atoms with Crippen LogP contribution in [0, 0.1) is 5.92 Å². The molecule has 2 aliphatic heterocycles. The third-order valence-corrected chi connectivity index (χ3v) is 6.36. The molecule has 2 atom stereocenters. The maximum Gasteiger partial charge on any atom is 0.409 e. The third-order valence-electron chi connectivity index (χ3n) is 6.36. The maximum absolute atomic E-state index is 12.7. The smallest absolute Gasteiger partial charge is 0.409 e. The highest BCUT2D eigenvalue weighted by atomic mass is 16.6. The second-order valence-electron chi connectivity index (χ2n) is 7.74. The lowest BCUT2D eigenvalue weighted by atomic mass is 9.92. The summed E-state index contributed by atoms with van der Waals surface area (Å²) < 4.78 is 11.5. The van der Waals surface area contributed by atoms with Crippen LogP contribution >= 0.6 is 0 Å². The van der Waals surface area contributed by atoms with Crippen LogP contribution in [-0.4, -0.2) is 54.6 Å². The van der Waals surface area contributed by atoms with Crippen molar-refractivity contribution < 1.29 is 19.4 Å². The molecule has 140 valence electrons. The fraction of sp³-hybridized carbons (Fsp3) is 0.409. The molecule has 0 radical (unpaired) electrons. The summed E-state index contributed by atoms with van der Waals surface area (Å²) >= 11 is 0. The number of carbonyl (C=O) groups excluding carboxylic acids is 1. The number of ether oxygens (including phenoxy) is 2. The summed E-state index contributed by atoms with van der Waals surface area (Å²) in [6.45, 7) is 1.93. The second-order valence-corrected chi connectivity index (χ2v) is 7.74. The van der Waals surface area contributed by atoms with Crippen molar-refractivity contribution in [2.24, 2.45) is 5.92 Å². The highest BCUT2D eigenvalue weighted by Crippen LogP contribution is 2.45. The van der Waals surface area contributed by atoms with E-state index >= 15 is 0 Å². The predicted octanol–water partition coefficient (Wildman–Crippen LogP) is 3.02. The highest BCUT2D eigenvalue weighted by Gasteiger charge is 2.52. The molecule has 1 amide bonds. The zero-order valence-corrected chi connectivity index (χ0v) is 15.1. The van der Waals surface area contributed by atoms with E-state index in [4.69, 9.17) is 9.47 Å². The highest BCUT2D eigenvalue weighted by molar-refractivity contribution is 5.79. The van der Waals surface area contributed by atoms with Crippen molar-refractivity contribution in [3.63, 3.8) is 0 Å². The molecule has 3 aliphatic rings. The van der Waals surface area contributed by atoms with E-state index in [1.807, 2.05) is 24.3 Å². The summed E-state index contributed by atoms with van der Waals surface area (Å²) in [4.78, 5) is 14.4. The Morgan fingerprint density at radius 1 is 1.15 bits per heavy atom. The van der Waals surface area contributed by atoms with Gasteiger partial charge in [-0.1, -0.05) is 48.5 Å². The quantitative estimate of drug-likeness (QED) is 0.908. The van der Waals surface area contributed by atoms with E-state index < -0.39 is 5.60 Å². The monoisotopic (exact) mass is 365 g/mol. The Bertz CT molecular complexity index is 837. The number of hydrogen-bond donors (Lipinski definition) is 1. The topological polar surface area (TPSA) is 59.0 Å². The van der Waals surface area contributed by atoms with Crippen LogP contribution in [0.3, 0.4) is 0 Å². The number of aliphatic hydroxyl groups excluding tert-OH is 1. The van der Waals surface area contributed by atoms with Crippen molar-refractivity contribution in [2.45, 2.75) is 17.9 Å². The van der Waals surface area contributed by atoms with Gasteiger partial charge < -0.3 is 19.5 Å². The minimum absolute atomic E-state index is 0.0508. The van der Waals surface area contributed by atoms with Crippen molar-refractivity contribution in [3.05, 3.63) is 59.7 Å². The molecule has 0 unspecified atom stereocenters. The van der Waals surface area contributed by atoms with Gasteiger partial charge in [-0.25, -0.2) is 4.79 Å². The van der Waals surface area contributed by atoms with Gasteiger partial charge in [-0.2, -0.15) is 0 Å². The minimum atomic E-state index is -0.592. The van der Waals surface area contributed by atoms with E-state index in [0.717, 1.165) is 6.42 Å². The Balaban J connectivity index is 1.32. The Hall–Kier alpha value is -2.37. The lowest BCUT2D eigenvalue weighted by Gasteiger charge is -2.25. The van der Waals surface area contributed by atoms with Crippen LogP contribution in [0.25, 0.3) is 11.1 Å². The number of benzene rings is 2. The van der Waals surface area contributed by atoms with Gasteiger partial charge in [0, 0.05) is 25.0 Å². The van der Waals surface area contributed by atoms with E-state index in [9.17, 15) is 9.90 Å². The molecule has 27 heavy (non-hydrogen) atoms. The molecule has 1 aliphatic carbocycles. The molecule has 2 saturated heterocycles. The molecule has 0 bridgehead atoms. The summed E-state index contributed by atoms with van der Waals surface area (Å²) in [5.41, 5.74) is 4.26. The van der Waals surface area contributed by atoms with Crippen molar-refractivity contribution in [2.75, 3.05) is 32.9 Å². The van der Waals surface area contributed by atoms with Crippen molar-refractivity contribution in [1.29, 1.82) is 0 Å². The number of carbonyl (C=O) groups is 1. The van der Waals surface area contributed by atoms with Gasteiger partial charge in [0.1, 0.15) is 12.2 Å². The first-order chi connectivity index (χ1) is 13.2. The number of hydrogen-bond acceptors (Lipinski definition) is 4. The largest absolute Gasteiger partial charge is 0.448 e. The molecule has 2 aromatic rings. The maximum atomic E-state index is 12.7. The molecule has 2 fully saturated rings. The Labute approximate surface area is 158 Å². The van der Waals surface area contributed by atoms with Crippen LogP contribution in [0.15, 0.2) is 48.5 Å². The molecule has 2 aromatic carbocycles. The van der Waals surface area contributed by atoms with E-state index in [2.05, 4.69) is 24.3 Å². The van der Waals surface area contributed by atoms with Gasteiger partial charge in [0.05, 0.1) is 13.2 Å². The van der Waals surface area contributed by atoms with E-state index in [1.165, 1.54) is 22.3 Å². The summed E-state index contributed by atoms with van der Waals surface area (Å²) in [6, 6.07) is 16.6. The van der Waals surface area contributed by atoms with Gasteiger partial charge in [-0.05, 0) is 28.7 Å². The predicted molar refractivity (Wildman–Crippen MR) is 101 cm³/mol. The van der Waals surface area contributed by atoms with Crippen LogP contribution in [0.2, 0.25) is 0 Å². The number of fused-ring (bicyclic) bond motifs is 4. The zero-order chi connectivity index (χ0) is 18.4. The molecule has 0 saturated carbocycles. The lowest BCUT2D eigenvalue weighted by Crippen LogP contribution is -2.41. The summed E-state index contributed by atoms with van der Waals surface area (Å²) in [5, 5.41) is 9.74. The number of likely N-dealkylation sites (tertiary alicyclic amines) is 1. The van der Waals surface area contributed by atoms with Crippen molar-refractivity contribution >= 4 is 6.09 Å². The minimum Gasteiger partial charge on any atom is -0.448 e. The second kappa shape index (κ2) is 6.36. The molecule has 5 nitrogen and oxygen atoms in total. The average Bonchev–Trinajstić information content (AvgIpc) is 3.35. The standard InChI is InChI=1S/C22H23NO4/c24-14-22-13-23(11-15(22)9-10-27-22)21(25)26-12-20-18-7-3-1-5-16(18)17-6-2-4-8-19(17)20/h1-8,15,20,24H,9-14H2/t15-,22-/m1/s1. The zero-order valence-electron chi connectivity index (χ0n) is 15.1. The first-order valence-corrected chi connectivity index (χ1v) is 9.56. The SMILES string of the molecule is O=C(OCC1c2ccccc2-c2ccccc21)N1C[C@H]2CCO[C@@]2(CO)C1. The van der Waals surface area contributed by atoms with E-state index in [1.54, 1.807) is 4.90 Å². The Morgan fingerprint density at radius 2 is 1.81 bits per heavy atom. The number of aliphatic hydroxyl groups is 1. The normalized spacial score (nSPS) is 26.0. The molecular formula is C22H23NO4. The van der Waals surface area contributed by atoms with E-state index in [-0.39, 0.29) is 24.5 Å². The van der Waals surface area contributed by atoms with Gasteiger partial charge in [-0.15, -0.1) is 0 Å². The molecule has 2 heterocycles. The molecule has 5 rings (SSSR count). The molecular weight excluding hydrogens is 342 g/mol. The number of rotatable bonds is 3. The van der Waals surface area contributed by atoms with Crippen molar-refractivity contribution in [1.82, 2.24) is 4.90 Å².